The minimum Gasteiger partial charge on any atom is -0.324 e. The zero-order chi connectivity index (χ0) is 5.91. The molecule has 0 aromatic carbocycles. The third kappa shape index (κ3) is 6.29. The fourth-order valence-electron chi connectivity index (χ4n) is 0.0490. The minimum absolute atomic E-state index is 0.0532. The van der Waals surface area contributed by atoms with E-state index in [1.807, 2.05) is 0 Å². The molecule has 0 bridgehead atoms. The van der Waals surface area contributed by atoms with Crippen LogP contribution in [0.5, 0.6) is 0 Å². The lowest BCUT2D eigenvalue weighted by Gasteiger charge is -1.90. The molecule has 0 unspecified atom stereocenters. The molecule has 5 nitrogen and oxygen atoms in total. The lowest BCUT2D eigenvalue weighted by atomic mass is 13.6. The third-order valence-corrected chi connectivity index (χ3v) is 1.31. The van der Waals surface area contributed by atoms with Crippen LogP contribution in [0.15, 0.2) is 4.53 Å². The summed E-state index contributed by atoms with van der Waals surface area (Å²) < 4.78 is 2.22. The van der Waals surface area contributed by atoms with E-state index in [-0.39, 0.29) is 10.7 Å². The summed E-state index contributed by atoms with van der Waals surface area (Å²) in [5.41, 5.74) is 0. The molecule has 0 aromatic heterocycles. The van der Waals surface area contributed by atoms with Gasteiger partial charge in [-0.3, -0.25) is 5.21 Å². The second-order valence-corrected chi connectivity index (χ2v) is 3.99. The van der Waals surface area contributed by atoms with Crippen LogP contribution in [0.25, 0.3) is 0 Å². The molecule has 7 heteroatoms. The number of hydrogen-bond donors (Lipinski definition) is 4. The van der Waals surface area contributed by atoms with Gasteiger partial charge in [0.1, 0.15) is 0 Å². The van der Waals surface area contributed by atoms with Crippen molar-refractivity contribution in [3.8, 4) is 0 Å². The molecule has 4 N–H and O–H groups in total. The molecule has 0 aliphatic heterocycles. The Bertz CT molecular complexity index is 120. The van der Waals surface area contributed by atoms with Gasteiger partial charge < -0.3 is 14.7 Å². The largest absolute Gasteiger partial charge is 0.329 e. The van der Waals surface area contributed by atoms with Gasteiger partial charge in [0.2, 0.25) is 0 Å². The summed E-state index contributed by atoms with van der Waals surface area (Å²) in [6, 6.07) is 0. The first-order chi connectivity index (χ1) is 3.06. The van der Waals surface area contributed by atoms with Crippen molar-refractivity contribution < 1.29 is 19.9 Å². The quantitative estimate of drug-likeness (QED) is 0.268. The van der Waals surface area contributed by atoms with E-state index in [2.05, 4.69) is 4.53 Å². The van der Waals surface area contributed by atoms with Gasteiger partial charge >= 0.3 is 6.72 Å². The second-order valence-electron chi connectivity index (χ2n) is 0.677. The highest BCUT2D eigenvalue weighted by Gasteiger charge is 1.96. The summed E-state index contributed by atoms with van der Waals surface area (Å²) in [4.78, 5) is 23.8. The van der Waals surface area contributed by atoms with Gasteiger partial charge in [0.05, 0.1) is 10.7 Å². The Balaban J connectivity index is 4.31. The standard InChI is InChI=1S/H4NO4PS/c2-1-7-6(3,4)5/h2-5H. The van der Waals surface area contributed by atoms with E-state index in [1.54, 1.807) is 0 Å². The molecule has 0 heterocycles. The number of hydrogen-bond acceptors (Lipinski definition) is 1. The van der Waals surface area contributed by atoms with Crippen LogP contribution < -0.4 is 0 Å². The van der Waals surface area contributed by atoms with E-state index in [9.17, 15) is 0 Å². The third-order valence-electron chi connectivity index (χ3n) is 0.146. The molecule has 0 aliphatic carbocycles. The van der Waals surface area contributed by atoms with Crippen molar-refractivity contribution in [2.24, 2.45) is 4.53 Å². The Morgan fingerprint density at radius 2 is 1.71 bits per heavy atom. The predicted octanol–water partition coefficient (Wildman–Crippen LogP) is -0.704. The molecule has 0 spiro atoms. The monoisotopic (exact) mass is 145 g/mol. The Labute approximate surface area is 42.8 Å². The summed E-state index contributed by atoms with van der Waals surface area (Å²) in [6.07, 6.45) is 0. The van der Waals surface area contributed by atoms with Crippen LogP contribution in [-0.2, 0) is 10.7 Å². The Morgan fingerprint density at radius 1 is 1.29 bits per heavy atom. The van der Waals surface area contributed by atoms with Gasteiger partial charge in [0.25, 0.3) is 0 Å². The normalized spacial score (nSPS) is 10.9. The maximum Gasteiger partial charge on any atom is 0.329 e. The molecule has 7 heavy (non-hydrogen) atoms. The van der Waals surface area contributed by atoms with E-state index >= 15 is 0 Å². The molecule has 0 amide bonds. The van der Waals surface area contributed by atoms with Gasteiger partial charge in [0, 0.05) is 0 Å². The first-order valence-electron chi connectivity index (χ1n) is 1.17. The predicted molar refractivity (Wildman–Crippen MR) is 25.2 cm³/mol. The van der Waals surface area contributed by atoms with Gasteiger partial charge in [-0.05, 0) is 0 Å². The van der Waals surface area contributed by atoms with Crippen LogP contribution in [0.1, 0.15) is 0 Å². The highest BCUT2D eigenvalue weighted by Crippen LogP contribution is 2.28. The fourth-order valence-corrected chi connectivity index (χ4v) is 0.441. The van der Waals surface area contributed by atoms with E-state index in [0.29, 0.717) is 0 Å². The van der Waals surface area contributed by atoms with E-state index < -0.39 is 6.72 Å². The van der Waals surface area contributed by atoms with Gasteiger partial charge in [0.15, 0.2) is 0 Å². The summed E-state index contributed by atoms with van der Waals surface area (Å²) in [5, 5.41) is 7.54. The first kappa shape index (κ1) is 7.29. The van der Waals surface area contributed by atoms with Crippen molar-refractivity contribution in [3.05, 3.63) is 0 Å². The number of rotatable bonds is 0. The molecule has 0 aliphatic rings. The first-order valence-corrected chi connectivity index (χ1v) is 4.19. The van der Waals surface area contributed by atoms with Crippen LogP contribution >= 0.6 is 6.72 Å². The molecule has 0 aromatic rings. The van der Waals surface area contributed by atoms with Crippen LogP contribution in [0.3, 0.4) is 0 Å². The number of nitrogens with zero attached hydrogens (tertiary/aromatic N) is 1. The fraction of sp³-hybridized carbons (Fsp3) is 0. The zero-order valence-electron chi connectivity index (χ0n) is 3.09. The van der Waals surface area contributed by atoms with Gasteiger partial charge in [-0.25, -0.2) is 0 Å². The van der Waals surface area contributed by atoms with Gasteiger partial charge in [-0.1, -0.05) is 4.53 Å². The molecule has 44 valence electrons. The van der Waals surface area contributed by atoms with Crippen molar-refractivity contribution in [1.82, 2.24) is 0 Å². The van der Waals surface area contributed by atoms with Crippen LogP contribution in [0.2, 0.25) is 0 Å². The average molecular weight is 145 g/mol. The summed E-state index contributed by atoms with van der Waals surface area (Å²) in [6.45, 7) is -3.92. The van der Waals surface area contributed by atoms with Crippen LogP contribution in [0, 0.1) is 0 Å². The average Bonchev–Trinajstić information content (AvgIpc) is 1.30. The summed E-state index contributed by atoms with van der Waals surface area (Å²) in [7, 11) is -0.0532. The lowest BCUT2D eigenvalue weighted by Crippen LogP contribution is -1.68. The van der Waals surface area contributed by atoms with Crippen molar-refractivity contribution in [2.75, 3.05) is 0 Å². The van der Waals surface area contributed by atoms with Crippen LogP contribution in [-0.4, -0.2) is 19.9 Å². The van der Waals surface area contributed by atoms with Gasteiger partial charge in [-0.2, -0.15) is 0 Å². The molecular formula is H4NO4PS. The van der Waals surface area contributed by atoms with Crippen LogP contribution in [0.4, 0.5) is 0 Å². The van der Waals surface area contributed by atoms with E-state index in [4.69, 9.17) is 19.9 Å². The highest BCUT2D eigenvalue weighted by molar-refractivity contribution is 8.10. The van der Waals surface area contributed by atoms with E-state index in [1.165, 1.54) is 0 Å². The summed E-state index contributed by atoms with van der Waals surface area (Å²) in [5.74, 6) is 0. The SMILES string of the molecule is ON=S=P(O)(O)O. The van der Waals surface area contributed by atoms with Crippen molar-refractivity contribution in [1.29, 1.82) is 0 Å². The second kappa shape index (κ2) is 2.56. The smallest absolute Gasteiger partial charge is 0.324 e. The van der Waals surface area contributed by atoms with Gasteiger partial charge in [-0.15, -0.1) is 0 Å². The minimum atomic E-state index is -3.92. The Hall–Kier alpha value is 0.290. The molecular weight excluding hydrogens is 141 g/mol. The molecule has 0 rings (SSSR count). The lowest BCUT2D eigenvalue weighted by molar-refractivity contribution is 0.329. The van der Waals surface area contributed by atoms with Crippen molar-refractivity contribution >= 4 is 17.5 Å². The van der Waals surface area contributed by atoms with Crippen molar-refractivity contribution in [3.63, 3.8) is 0 Å². The molecule has 0 fully saturated rings. The topological polar surface area (TPSA) is 93.3 Å². The highest BCUT2D eigenvalue weighted by atomic mass is 32.5. The summed E-state index contributed by atoms with van der Waals surface area (Å²) >= 11 is 0. The maximum absolute atomic E-state index is 7.95. The molecule has 0 atom stereocenters. The molecule has 0 saturated carbocycles. The zero-order valence-corrected chi connectivity index (χ0v) is 4.80. The maximum atomic E-state index is 7.95. The molecule has 0 saturated heterocycles. The Morgan fingerprint density at radius 3 is 1.71 bits per heavy atom. The van der Waals surface area contributed by atoms with E-state index in [0.717, 1.165) is 0 Å². The molecule has 0 radical (unpaired) electrons. The Kier molecular flexibility index (Phi) is 2.67. The van der Waals surface area contributed by atoms with Crippen molar-refractivity contribution in [2.45, 2.75) is 0 Å².